The standard InChI is InChI=1S/C50H36N6S3/c51-47-45(43-31-29-41(57-43)33-21-25-39(26-22-33)55(35-13-5-1-6-14-35)36-15-7-2-8-16-36)49-50(54-59-53-49)46(48(47)52)44-32-30-42(58-44)34-23-27-40(28-24-34)56(37-17-9-3-10-18-37)38-19-11-4-12-20-38/h1-32H,51-52H2. The predicted molar refractivity (Wildman–Crippen MR) is 253 cm³/mol. The molecular formula is C50H36N6S3. The molecule has 10 aromatic rings. The molecule has 0 aliphatic rings. The summed E-state index contributed by atoms with van der Waals surface area (Å²) >= 11 is 4.54. The zero-order chi connectivity index (χ0) is 39.7. The molecule has 4 N–H and O–H groups in total. The Labute approximate surface area is 354 Å². The summed E-state index contributed by atoms with van der Waals surface area (Å²) in [7, 11) is 0. The topological polar surface area (TPSA) is 84.3 Å². The van der Waals surface area contributed by atoms with E-state index in [4.69, 9.17) is 20.2 Å². The molecule has 284 valence electrons. The predicted octanol–water partition coefficient (Wildman–Crippen LogP) is 14.6. The molecule has 59 heavy (non-hydrogen) atoms. The van der Waals surface area contributed by atoms with Crippen molar-refractivity contribution in [1.82, 2.24) is 8.75 Å². The molecule has 7 aromatic carbocycles. The van der Waals surface area contributed by atoms with Gasteiger partial charge in [0.05, 0.1) is 23.1 Å². The van der Waals surface area contributed by atoms with Crippen molar-refractivity contribution in [1.29, 1.82) is 0 Å². The number of anilines is 8. The van der Waals surface area contributed by atoms with Gasteiger partial charge in [-0.15, -0.1) is 22.7 Å². The number of fused-ring (bicyclic) bond motifs is 1. The highest BCUT2D eigenvalue weighted by Crippen LogP contribution is 2.49. The number of hydrogen-bond acceptors (Lipinski definition) is 9. The van der Waals surface area contributed by atoms with Crippen LogP contribution in [-0.2, 0) is 0 Å². The number of thiophene rings is 2. The van der Waals surface area contributed by atoms with Crippen LogP contribution < -0.4 is 21.3 Å². The maximum atomic E-state index is 6.96. The highest BCUT2D eigenvalue weighted by atomic mass is 32.1. The van der Waals surface area contributed by atoms with E-state index in [0.29, 0.717) is 11.4 Å². The average molecular weight is 817 g/mol. The van der Waals surface area contributed by atoms with E-state index in [9.17, 15) is 0 Å². The molecule has 0 unspecified atom stereocenters. The zero-order valence-electron chi connectivity index (χ0n) is 31.6. The Morgan fingerprint density at radius 3 is 0.932 bits per heavy atom. The monoisotopic (exact) mass is 816 g/mol. The molecule has 0 spiro atoms. The maximum Gasteiger partial charge on any atom is 0.116 e. The molecule has 0 saturated carbocycles. The normalized spacial score (nSPS) is 11.2. The van der Waals surface area contributed by atoms with Crippen LogP contribution in [0.4, 0.5) is 45.5 Å². The quantitative estimate of drug-likeness (QED) is 0.134. The van der Waals surface area contributed by atoms with Gasteiger partial charge in [-0.05, 0) is 108 Å². The number of hydrogen-bond donors (Lipinski definition) is 2. The molecule has 9 heteroatoms. The minimum Gasteiger partial charge on any atom is -0.396 e. The Bertz CT molecular complexity index is 2710. The van der Waals surface area contributed by atoms with Crippen molar-refractivity contribution >= 4 is 90.9 Å². The Morgan fingerprint density at radius 2 is 0.610 bits per heavy atom. The molecule has 0 aliphatic carbocycles. The Hall–Kier alpha value is -7.04. The second-order valence-corrected chi connectivity index (χ2v) is 16.7. The van der Waals surface area contributed by atoms with Crippen molar-refractivity contribution in [3.05, 3.63) is 194 Å². The molecule has 3 heterocycles. The van der Waals surface area contributed by atoms with Gasteiger partial charge in [0, 0.05) is 64.8 Å². The van der Waals surface area contributed by atoms with Gasteiger partial charge in [0.2, 0.25) is 0 Å². The molecular weight excluding hydrogens is 781 g/mol. The van der Waals surface area contributed by atoms with Gasteiger partial charge in [-0.3, -0.25) is 0 Å². The summed E-state index contributed by atoms with van der Waals surface area (Å²) in [6, 6.07) is 67.6. The van der Waals surface area contributed by atoms with Crippen LogP contribution in [0, 0.1) is 0 Å². The summed E-state index contributed by atoms with van der Waals surface area (Å²) in [4.78, 5) is 8.78. The molecule has 0 atom stereocenters. The van der Waals surface area contributed by atoms with Gasteiger partial charge in [-0.25, -0.2) is 0 Å². The van der Waals surface area contributed by atoms with Crippen molar-refractivity contribution < 1.29 is 0 Å². The van der Waals surface area contributed by atoms with Gasteiger partial charge in [0.25, 0.3) is 0 Å². The first-order valence-corrected chi connectivity index (χ1v) is 21.5. The van der Waals surface area contributed by atoms with E-state index in [0.717, 1.165) is 86.9 Å². The van der Waals surface area contributed by atoms with E-state index in [1.54, 1.807) is 22.7 Å². The van der Waals surface area contributed by atoms with Crippen molar-refractivity contribution in [2.45, 2.75) is 0 Å². The molecule has 10 rings (SSSR count). The number of benzene rings is 7. The molecule has 0 fully saturated rings. The number of rotatable bonds is 10. The van der Waals surface area contributed by atoms with E-state index < -0.39 is 0 Å². The Morgan fingerprint density at radius 1 is 0.322 bits per heavy atom. The summed E-state index contributed by atoms with van der Waals surface area (Å²) < 4.78 is 9.58. The van der Waals surface area contributed by atoms with E-state index in [1.165, 1.54) is 11.7 Å². The number of aromatic nitrogens is 2. The minimum absolute atomic E-state index is 0.520. The fourth-order valence-electron chi connectivity index (χ4n) is 7.55. The number of para-hydroxylation sites is 4. The van der Waals surface area contributed by atoms with Crippen LogP contribution in [0.3, 0.4) is 0 Å². The number of nitrogens with zero attached hydrogens (tertiary/aromatic N) is 4. The van der Waals surface area contributed by atoms with Gasteiger partial charge in [-0.2, -0.15) is 8.75 Å². The lowest BCUT2D eigenvalue weighted by molar-refractivity contribution is 1.28. The lowest BCUT2D eigenvalue weighted by Crippen LogP contribution is -2.09. The fourth-order valence-corrected chi connectivity index (χ4v) is 10.3. The second kappa shape index (κ2) is 15.7. The third kappa shape index (κ3) is 6.91. The minimum atomic E-state index is 0.520. The van der Waals surface area contributed by atoms with Crippen LogP contribution in [0.5, 0.6) is 0 Å². The largest absolute Gasteiger partial charge is 0.396 e. The molecule has 0 bridgehead atoms. The number of nitrogen functional groups attached to an aromatic ring is 2. The summed E-state index contributed by atoms with van der Waals surface area (Å²) in [5.41, 5.74) is 27.0. The number of nitrogens with two attached hydrogens (primary N) is 2. The molecule has 0 aliphatic heterocycles. The SMILES string of the molecule is Nc1c(N)c(-c2ccc(-c3ccc(N(c4ccccc4)c4ccccc4)cc3)s2)c2nsnc2c1-c1ccc(-c2ccc(N(c3ccccc3)c3ccccc3)cc2)s1. The zero-order valence-corrected chi connectivity index (χ0v) is 34.1. The molecule has 0 radical (unpaired) electrons. The van der Waals surface area contributed by atoms with Crippen molar-refractivity contribution in [3.63, 3.8) is 0 Å². The Kier molecular flexibility index (Phi) is 9.67. The highest BCUT2D eigenvalue weighted by molar-refractivity contribution is 7.19. The summed E-state index contributed by atoms with van der Waals surface area (Å²) in [6.07, 6.45) is 0. The van der Waals surface area contributed by atoms with Crippen LogP contribution in [0.2, 0.25) is 0 Å². The van der Waals surface area contributed by atoms with E-state index >= 15 is 0 Å². The molecule has 3 aromatic heterocycles. The van der Waals surface area contributed by atoms with Gasteiger partial charge < -0.3 is 21.3 Å². The molecule has 0 saturated heterocycles. The van der Waals surface area contributed by atoms with Gasteiger partial charge >= 0.3 is 0 Å². The van der Waals surface area contributed by atoms with E-state index in [2.05, 4.69) is 180 Å². The smallest absolute Gasteiger partial charge is 0.116 e. The first-order valence-electron chi connectivity index (χ1n) is 19.2. The maximum absolute atomic E-state index is 6.96. The van der Waals surface area contributed by atoms with Crippen molar-refractivity contribution in [2.75, 3.05) is 21.3 Å². The van der Waals surface area contributed by atoms with Crippen LogP contribution >= 0.6 is 34.4 Å². The summed E-state index contributed by atoms with van der Waals surface area (Å²) in [5.74, 6) is 0. The highest BCUT2D eigenvalue weighted by Gasteiger charge is 2.24. The third-order valence-electron chi connectivity index (χ3n) is 10.4. The second-order valence-electron chi connectivity index (χ2n) is 14.0. The third-order valence-corrected chi connectivity index (χ3v) is 13.2. The van der Waals surface area contributed by atoms with Crippen molar-refractivity contribution in [2.24, 2.45) is 0 Å². The Balaban J connectivity index is 0.941. The average Bonchev–Trinajstić information content (AvgIpc) is 4.10. The van der Waals surface area contributed by atoms with Crippen LogP contribution in [-0.4, -0.2) is 8.75 Å². The van der Waals surface area contributed by atoms with E-state index in [-0.39, 0.29) is 0 Å². The summed E-state index contributed by atoms with van der Waals surface area (Å²) in [5, 5.41) is 0. The van der Waals surface area contributed by atoms with Crippen LogP contribution in [0.1, 0.15) is 0 Å². The lowest BCUT2D eigenvalue weighted by Gasteiger charge is -2.25. The molecule has 0 amide bonds. The van der Waals surface area contributed by atoms with Crippen LogP contribution in [0.25, 0.3) is 52.8 Å². The van der Waals surface area contributed by atoms with Crippen LogP contribution in [0.15, 0.2) is 194 Å². The van der Waals surface area contributed by atoms with Crippen molar-refractivity contribution in [3.8, 4) is 41.8 Å². The molecule has 6 nitrogen and oxygen atoms in total. The van der Waals surface area contributed by atoms with Gasteiger partial charge in [0.15, 0.2) is 0 Å². The summed E-state index contributed by atoms with van der Waals surface area (Å²) in [6.45, 7) is 0. The first kappa shape index (κ1) is 36.3. The fraction of sp³-hybridized carbons (Fsp3) is 0. The van der Waals surface area contributed by atoms with Gasteiger partial charge in [-0.1, -0.05) is 97.1 Å². The lowest BCUT2D eigenvalue weighted by atomic mass is 10.0. The van der Waals surface area contributed by atoms with Gasteiger partial charge in [0.1, 0.15) is 11.0 Å². The first-order chi connectivity index (χ1) is 29.1. The van der Waals surface area contributed by atoms with E-state index in [1.807, 2.05) is 24.3 Å².